The van der Waals surface area contributed by atoms with Crippen molar-refractivity contribution in [3.8, 4) is 0 Å². The zero-order valence-electron chi connectivity index (χ0n) is 13.1. The minimum Gasteiger partial charge on any atom is -0.335 e. The normalized spacial score (nSPS) is 33.7. The van der Waals surface area contributed by atoms with Crippen LogP contribution in [0.5, 0.6) is 0 Å². The maximum atomic E-state index is 13.1. The van der Waals surface area contributed by atoms with Crippen LogP contribution in [-0.4, -0.2) is 35.3 Å². The minimum absolute atomic E-state index is 0.0164. The number of rotatable bonds is 2. The predicted molar refractivity (Wildman–Crippen MR) is 86.8 cm³/mol. The number of anilines is 1. The Morgan fingerprint density at radius 3 is 2.91 bits per heavy atom. The summed E-state index contributed by atoms with van der Waals surface area (Å²) in [5, 5.41) is 4.06. The summed E-state index contributed by atoms with van der Waals surface area (Å²) in [7, 11) is 0. The van der Waals surface area contributed by atoms with Gasteiger partial charge in [0.25, 0.3) is 0 Å². The average Bonchev–Trinajstić information content (AvgIpc) is 3.24. The van der Waals surface area contributed by atoms with E-state index in [0.29, 0.717) is 0 Å². The molecule has 4 nitrogen and oxygen atoms in total. The first-order valence-electron chi connectivity index (χ1n) is 8.21. The van der Waals surface area contributed by atoms with E-state index in [0.717, 1.165) is 37.9 Å². The van der Waals surface area contributed by atoms with Crippen LogP contribution < -0.4 is 4.90 Å². The Kier molecular flexibility index (Phi) is 3.12. The highest BCUT2D eigenvalue weighted by Crippen LogP contribution is 2.55. The van der Waals surface area contributed by atoms with Gasteiger partial charge < -0.3 is 9.80 Å². The summed E-state index contributed by atoms with van der Waals surface area (Å²) < 4.78 is 0. The van der Waals surface area contributed by atoms with E-state index in [1.807, 2.05) is 35.6 Å². The third-order valence-electron chi connectivity index (χ3n) is 5.76. The van der Waals surface area contributed by atoms with Gasteiger partial charge in [-0.05, 0) is 37.1 Å². The summed E-state index contributed by atoms with van der Waals surface area (Å²) >= 11 is 1.63. The largest absolute Gasteiger partial charge is 0.335 e. The monoisotopic (exact) mass is 318 g/mol. The van der Waals surface area contributed by atoms with E-state index in [1.54, 1.807) is 11.3 Å². The molecule has 0 aliphatic carbocycles. The van der Waals surface area contributed by atoms with Gasteiger partial charge in [-0.3, -0.25) is 9.59 Å². The van der Waals surface area contributed by atoms with Gasteiger partial charge in [-0.1, -0.05) is 13.8 Å². The maximum Gasteiger partial charge on any atom is 0.235 e. The van der Waals surface area contributed by atoms with Crippen molar-refractivity contribution in [2.24, 2.45) is 11.3 Å². The molecule has 1 aromatic rings. The highest BCUT2D eigenvalue weighted by molar-refractivity contribution is 7.08. The van der Waals surface area contributed by atoms with E-state index >= 15 is 0 Å². The van der Waals surface area contributed by atoms with Gasteiger partial charge in [-0.25, -0.2) is 0 Å². The average molecular weight is 318 g/mol. The molecular formula is C17H22N2O2S. The lowest BCUT2D eigenvalue weighted by atomic mass is 9.72. The molecule has 4 rings (SSSR count). The number of amides is 2. The Balaban J connectivity index is 1.64. The fraction of sp³-hybridized carbons (Fsp3) is 0.647. The summed E-state index contributed by atoms with van der Waals surface area (Å²) in [6, 6.07) is 2.43. The summed E-state index contributed by atoms with van der Waals surface area (Å²) in [6.45, 7) is 4.71. The van der Waals surface area contributed by atoms with Crippen molar-refractivity contribution >= 4 is 28.8 Å². The van der Waals surface area contributed by atoms with Gasteiger partial charge in [0.1, 0.15) is 0 Å². The molecule has 0 radical (unpaired) electrons. The van der Waals surface area contributed by atoms with Gasteiger partial charge in [-0.15, -0.1) is 0 Å². The van der Waals surface area contributed by atoms with Crippen molar-refractivity contribution in [3.63, 3.8) is 0 Å². The zero-order valence-corrected chi connectivity index (χ0v) is 13.9. The van der Waals surface area contributed by atoms with Crippen LogP contribution in [0.25, 0.3) is 0 Å². The molecule has 0 aromatic carbocycles. The lowest BCUT2D eigenvalue weighted by molar-refractivity contribution is -0.137. The molecule has 2 bridgehead atoms. The minimum atomic E-state index is -0.310. The smallest absolute Gasteiger partial charge is 0.235 e. The number of fused-ring (bicyclic) bond motifs is 3. The van der Waals surface area contributed by atoms with Gasteiger partial charge in [-0.2, -0.15) is 11.3 Å². The molecule has 1 aromatic heterocycles. The van der Waals surface area contributed by atoms with E-state index < -0.39 is 0 Å². The molecule has 2 amide bonds. The van der Waals surface area contributed by atoms with Gasteiger partial charge in [0.2, 0.25) is 11.8 Å². The van der Waals surface area contributed by atoms with Crippen molar-refractivity contribution in [2.75, 3.05) is 11.4 Å². The van der Waals surface area contributed by atoms with Crippen LogP contribution in [0, 0.1) is 11.3 Å². The molecule has 3 atom stereocenters. The zero-order chi connectivity index (χ0) is 15.5. The number of hydrogen-bond acceptors (Lipinski definition) is 3. The third-order valence-corrected chi connectivity index (χ3v) is 6.43. The standard InChI is InChI=1S/C17H22N2O2S/c1-11(2)15(20)19-12-3-4-14(19)17(9-12)6-7-18(16(17)21)13-5-8-22-10-13/h5,8,10-12,14H,3-4,6-7,9H2,1-2H3/t12-,14-,17+/m0/s1. The number of carbonyl (C=O) groups excluding carboxylic acids is 2. The summed E-state index contributed by atoms with van der Waals surface area (Å²) in [6.07, 6.45) is 3.82. The first kappa shape index (κ1) is 14.2. The Morgan fingerprint density at radius 2 is 2.23 bits per heavy atom. The van der Waals surface area contributed by atoms with Gasteiger partial charge in [0.15, 0.2) is 0 Å². The van der Waals surface area contributed by atoms with E-state index in [-0.39, 0.29) is 35.2 Å². The van der Waals surface area contributed by atoms with Crippen molar-refractivity contribution in [3.05, 3.63) is 16.8 Å². The summed E-state index contributed by atoms with van der Waals surface area (Å²) in [4.78, 5) is 29.7. The van der Waals surface area contributed by atoms with Crippen LogP contribution in [0.15, 0.2) is 16.8 Å². The Labute approximate surface area is 135 Å². The van der Waals surface area contributed by atoms with E-state index in [4.69, 9.17) is 0 Å². The predicted octanol–water partition coefficient (Wildman–Crippen LogP) is 2.89. The molecule has 3 saturated heterocycles. The van der Waals surface area contributed by atoms with Gasteiger partial charge in [0, 0.05) is 29.9 Å². The highest BCUT2D eigenvalue weighted by atomic mass is 32.1. The van der Waals surface area contributed by atoms with Gasteiger partial charge in [0.05, 0.1) is 11.1 Å². The molecule has 0 N–H and O–H groups in total. The summed E-state index contributed by atoms with van der Waals surface area (Å²) in [5.74, 6) is 0.494. The van der Waals surface area contributed by atoms with Crippen LogP contribution in [0.2, 0.25) is 0 Å². The van der Waals surface area contributed by atoms with Crippen LogP contribution in [0.1, 0.15) is 39.5 Å². The van der Waals surface area contributed by atoms with Crippen molar-refractivity contribution < 1.29 is 9.59 Å². The molecule has 22 heavy (non-hydrogen) atoms. The number of nitrogens with zero attached hydrogens (tertiary/aromatic N) is 2. The quantitative estimate of drug-likeness (QED) is 0.841. The van der Waals surface area contributed by atoms with Crippen molar-refractivity contribution in [1.29, 1.82) is 0 Å². The molecule has 0 saturated carbocycles. The lowest BCUT2D eigenvalue weighted by Gasteiger charge is -2.32. The van der Waals surface area contributed by atoms with Crippen molar-refractivity contribution in [1.82, 2.24) is 4.90 Å². The Morgan fingerprint density at radius 1 is 1.41 bits per heavy atom. The molecule has 0 unspecified atom stereocenters. The van der Waals surface area contributed by atoms with Crippen LogP contribution in [0.4, 0.5) is 5.69 Å². The summed E-state index contributed by atoms with van der Waals surface area (Å²) in [5.41, 5.74) is 0.714. The molecule has 3 aliphatic heterocycles. The van der Waals surface area contributed by atoms with Gasteiger partial charge >= 0.3 is 0 Å². The highest BCUT2D eigenvalue weighted by Gasteiger charge is 2.64. The second-order valence-corrected chi connectivity index (χ2v) is 7.98. The van der Waals surface area contributed by atoms with E-state index in [9.17, 15) is 9.59 Å². The first-order chi connectivity index (χ1) is 10.5. The molecule has 3 fully saturated rings. The number of thiophene rings is 1. The molecular weight excluding hydrogens is 296 g/mol. The van der Waals surface area contributed by atoms with Crippen LogP contribution in [-0.2, 0) is 9.59 Å². The SMILES string of the molecule is CC(C)C(=O)N1[C@H]2CC[C@H]1[C@@]1(CCN(c3ccsc3)C1=O)C2. The maximum absolute atomic E-state index is 13.1. The fourth-order valence-electron chi connectivity index (χ4n) is 4.76. The molecule has 4 heterocycles. The molecule has 1 spiro atoms. The molecule has 5 heteroatoms. The molecule has 3 aliphatic rings. The van der Waals surface area contributed by atoms with Crippen molar-refractivity contribution in [2.45, 2.75) is 51.6 Å². The van der Waals surface area contributed by atoms with Crippen LogP contribution >= 0.6 is 11.3 Å². The lowest BCUT2D eigenvalue weighted by Crippen LogP contribution is -2.46. The molecule has 118 valence electrons. The van der Waals surface area contributed by atoms with E-state index in [1.165, 1.54) is 0 Å². The number of hydrogen-bond donors (Lipinski definition) is 0. The second kappa shape index (κ2) is 4.82. The Hall–Kier alpha value is -1.36. The third kappa shape index (κ3) is 1.75. The topological polar surface area (TPSA) is 40.6 Å². The second-order valence-electron chi connectivity index (χ2n) is 7.20. The first-order valence-corrected chi connectivity index (χ1v) is 9.15. The van der Waals surface area contributed by atoms with Crippen LogP contribution in [0.3, 0.4) is 0 Å². The number of carbonyl (C=O) groups is 2. The Bertz CT molecular complexity index is 612. The van der Waals surface area contributed by atoms with E-state index in [2.05, 4.69) is 4.90 Å². The fourth-order valence-corrected chi connectivity index (χ4v) is 5.40.